The Morgan fingerprint density at radius 2 is 1.81 bits per heavy atom. The molecule has 3 aromatic rings. The van der Waals surface area contributed by atoms with Crippen molar-refractivity contribution in [1.82, 2.24) is 9.88 Å². The summed E-state index contributed by atoms with van der Waals surface area (Å²) in [6.07, 6.45) is 3.38. The molecule has 0 aliphatic heterocycles. The van der Waals surface area contributed by atoms with Crippen molar-refractivity contribution in [2.75, 3.05) is 7.11 Å². The number of hydrogen-bond acceptors (Lipinski definition) is 4. The third-order valence-electron chi connectivity index (χ3n) is 4.11. The van der Waals surface area contributed by atoms with Gasteiger partial charge in [0.05, 0.1) is 13.7 Å². The second-order valence-corrected chi connectivity index (χ2v) is 6.96. The number of carbonyl (C=O) groups excluding carboxylic acids is 1. The molecule has 0 spiro atoms. The van der Waals surface area contributed by atoms with Gasteiger partial charge in [-0.25, -0.2) is 0 Å². The van der Waals surface area contributed by atoms with Crippen molar-refractivity contribution in [3.63, 3.8) is 0 Å². The Bertz CT molecular complexity index is 986. The van der Waals surface area contributed by atoms with Crippen molar-refractivity contribution in [3.8, 4) is 5.75 Å². The summed E-state index contributed by atoms with van der Waals surface area (Å²) in [5.74, 6) is 0.509. The normalized spacial score (nSPS) is 10.4. The smallest absolute Gasteiger partial charge is 0.308 e. The van der Waals surface area contributed by atoms with E-state index in [1.54, 1.807) is 23.9 Å². The predicted molar refractivity (Wildman–Crippen MR) is 108 cm³/mol. The van der Waals surface area contributed by atoms with Gasteiger partial charge in [0.25, 0.3) is 5.91 Å². The Morgan fingerprint density at radius 3 is 2.44 bits per heavy atom. The van der Waals surface area contributed by atoms with Gasteiger partial charge in [0.2, 0.25) is 0 Å². The zero-order valence-electron chi connectivity index (χ0n) is 15.0. The van der Waals surface area contributed by atoms with Crippen LogP contribution in [-0.2, 0) is 13.1 Å². The van der Waals surface area contributed by atoms with Crippen LogP contribution >= 0.6 is 11.3 Å². The Morgan fingerprint density at radius 1 is 1.15 bits per heavy atom. The second-order valence-electron chi connectivity index (χ2n) is 5.97. The zero-order valence-corrected chi connectivity index (χ0v) is 15.8. The summed E-state index contributed by atoms with van der Waals surface area (Å²) in [6, 6.07) is 15.3. The van der Waals surface area contributed by atoms with Crippen molar-refractivity contribution in [1.29, 1.82) is 0 Å². The number of nitrogens with zero attached hydrogens (tertiary/aromatic N) is 1. The van der Waals surface area contributed by atoms with E-state index in [-0.39, 0.29) is 10.8 Å². The largest absolute Gasteiger partial charge is 0.497 e. The predicted octanol–water partition coefficient (Wildman–Crippen LogP) is 3.54. The molecule has 3 rings (SSSR count). The first-order valence-corrected chi connectivity index (χ1v) is 9.23. The van der Waals surface area contributed by atoms with E-state index in [4.69, 9.17) is 4.74 Å². The minimum absolute atomic E-state index is 0.155. The van der Waals surface area contributed by atoms with Gasteiger partial charge < -0.3 is 14.6 Å². The first-order chi connectivity index (χ1) is 13.1. The maximum Gasteiger partial charge on any atom is 0.308 e. The molecule has 0 bridgehead atoms. The van der Waals surface area contributed by atoms with Crippen molar-refractivity contribution in [3.05, 3.63) is 92.5 Å². The molecular weight excluding hydrogens is 360 g/mol. The number of methoxy groups -OCH3 is 1. The SMILES string of the molecule is C=Cc1ccc(Cn2cc(C(=O)NCc3ccc(OC)cc3)sc2=O)cc1. The number of carbonyl (C=O) groups is 1. The van der Waals surface area contributed by atoms with Crippen LogP contribution in [0.4, 0.5) is 0 Å². The van der Waals surface area contributed by atoms with Crippen LogP contribution in [0.1, 0.15) is 26.4 Å². The Balaban J connectivity index is 1.64. The molecule has 0 saturated heterocycles. The van der Waals surface area contributed by atoms with Crippen LogP contribution in [0.2, 0.25) is 0 Å². The number of rotatable bonds is 7. The fourth-order valence-electron chi connectivity index (χ4n) is 2.56. The lowest BCUT2D eigenvalue weighted by Crippen LogP contribution is -2.21. The molecule has 0 aliphatic carbocycles. The fraction of sp³-hybridized carbons (Fsp3) is 0.143. The van der Waals surface area contributed by atoms with Crippen LogP contribution in [0, 0.1) is 0 Å². The van der Waals surface area contributed by atoms with Gasteiger partial charge in [0, 0.05) is 12.7 Å². The molecule has 138 valence electrons. The molecule has 5 nitrogen and oxygen atoms in total. The number of amides is 1. The van der Waals surface area contributed by atoms with Crippen LogP contribution in [-0.4, -0.2) is 17.6 Å². The lowest BCUT2D eigenvalue weighted by molar-refractivity contribution is 0.0954. The number of ether oxygens (including phenoxy) is 1. The van der Waals surface area contributed by atoms with Crippen molar-refractivity contribution in [2.24, 2.45) is 0 Å². The van der Waals surface area contributed by atoms with Crippen LogP contribution in [0.25, 0.3) is 6.08 Å². The van der Waals surface area contributed by atoms with E-state index in [1.807, 2.05) is 48.5 Å². The lowest BCUT2D eigenvalue weighted by atomic mass is 10.1. The standard InChI is InChI=1S/C21H20N2O3S/c1-3-15-4-6-17(7-5-15)13-23-14-19(27-21(23)25)20(24)22-12-16-8-10-18(26-2)11-9-16/h3-11,14H,1,12-13H2,2H3,(H,22,24). The van der Waals surface area contributed by atoms with E-state index in [2.05, 4.69) is 11.9 Å². The average molecular weight is 380 g/mol. The third-order valence-corrected chi connectivity index (χ3v) is 5.03. The number of nitrogens with one attached hydrogen (secondary N) is 1. The Kier molecular flexibility index (Phi) is 5.88. The number of benzene rings is 2. The van der Waals surface area contributed by atoms with Crippen molar-refractivity contribution >= 4 is 23.3 Å². The molecule has 6 heteroatoms. The third kappa shape index (κ3) is 4.74. The number of aromatic nitrogens is 1. The molecule has 1 N–H and O–H groups in total. The summed E-state index contributed by atoms with van der Waals surface area (Å²) < 4.78 is 6.67. The zero-order chi connectivity index (χ0) is 19.2. The van der Waals surface area contributed by atoms with Gasteiger partial charge in [-0.3, -0.25) is 9.59 Å². The molecular formula is C21H20N2O3S. The maximum atomic E-state index is 12.4. The highest BCUT2D eigenvalue weighted by Crippen LogP contribution is 2.12. The van der Waals surface area contributed by atoms with Crippen LogP contribution in [0.3, 0.4) is 0 Å². The number of thiazole rings is 1. The van der Waals surface area contributed by atoms with Crippen molar-refractivity contribution in [2.45, 2.75) is 13.1 Å². The highest BCUT2D eigenvalue weighted by molar-refractivity contribution is 7.11. The summed E-state index contributed by atoms with van der Waals surface area (Å²) >= 11 is 0.950. The first kappa shape index (κ1) is 18.7. The molecule has 2 aromatic carbocycles. The second kappa shape index (κ2) is 8.51. The van der Waals surface area contributed by atoms with Crippen molar-refractivity contribution < 1.29 is 9.53 Å². The van der Waals surface area contributed by atoms with Gasteiger partial charge in [-0.15, -0.1) is 0 Å². The van der Waals surface area contributed by atoms with Gasteiger partial charge in [0.1, 0.15) is 10.6 Å². The molecule has 0 atom stereocenters. The Hall–Kier alpha value is -3.12. The van der Waals surface area contributed by atoms with E-state index >= 15 is 0 Å². The monoisotopic (exact) mass is 380 g/mol. The van der Waals surface area contributed by atoms with Gasteiger partial charge in [0.15, 0.2) is 0 Å². The van der Waals surface area contributed by atoms with Gasteiger partial charge >= 0.3 is 4.87 Å². The van der Waals surface area contributed by atoms with Gasteiger partial charge in [-0.05, 0) is 28.8 Å². The minimum Gasteiger partial charge on any atom is -0.497 e. The fourth-order valence-corrected chi connectivity index (χ4v) is 3.32. The van der Waals surface area contributed by atoms with Crippen LogP contribution < -0.4 is 14.9 Å². The lowest BCUT2D eigenvalue weighted by Gasteiger charge is -2.05. The summed E-state index contributed by atoms with van der Waals surface area (Å²) in [6.45, 7) is 4.54. The van der Waals surface area contributed by atoms with Crippen LogP contribution in [0.5, 0.6) is 5.75 Å². The van der Waals surface area contributed by atoms with E-state index in [9.17, 15) is 9.59 Å². The van der Waals surface area contributed by atoms with E-state index in [0.717, 1.165) is 33.8 Å². The quantitative estimate of drug-likeness (QED) is 0.682. The summed E-state index contributed by atoms with van der Waals surface area (Å²) in [5.41, 5.74) is 2.97. The van der Waals surface area contributed by atoms with Gasteiger partial charge in [-0.1, -0.05) is 60.4 Å². The van der Waals surface area contributed by atoms with E-state index in [1.165, 1.54) is 0 Å². The molecule has 27 heavy (non-hydrogen) atoms. The van der Waals surface area contributed by atoms with Crippen LogP contribution in [0.15, 0.2) is 66.1 Å². The summed E-state index contributed by atoms with van der Waals surface area (Å²) in [4.78, 5) is 24.8. The molecule has 0 saturated carbocycles. The molecule has 1 aromatic heterocycles. The maximum absolute atomic E-state index is 12.4. The molecule has 0 fully saturated rings. The summed E-state index contributed by atoms with van der Waals surface area (Å²) in [7, 11) is 1.61. The Labute approximate surface area is 161 Å². The van der Waals surface area contributed by atoms with E-state index in [0.29, 0.717) is 18.0 Å². The molecule has 0 radical (unpaired) electrons. The minimum atomic E-state index is -0.256. The number of hydrogen-bond donors (Lipinski definition) is 1. The first-order valence-electron chi connectivity index (χ1n) is 8.42. The van der Waals surface area contributed by atoms with E-state index < -0.39 is 0 Å². The topological polar surface area (TPSA) is 60.3 Å². The molecule has 1 amide bonds. The molecule has 0 unspecified atom stereocenters. The van der Waals surface area contributed by atoms with Gasteiger partial charge in [-0.2, -0.15) is 0 Å². The highest BCUT2D eigenvalue weighted by atomic mass is 32.1. The highest BCUT2D eigenvalue weighted by Gasteiger charge is 2.12. The molecule has 1 heterocycles. The molecule has 0 aliphatic rings. The average Bonchev–Trinajstić information content (AvgIpc) is 3.07. The summed E-state index contributed by atoms with van der Waals surface area (Å²) in [5, 5.41) is 2.84.